The average molecular weight is 555 g/mol. The number of amides is 1. The lowest BCUT2D eigenvalue weighted by atomic mass is 9.95. The number of aromatic nitrogens is 2. The van der Waals surface area contributed by atoms with E-state index in [4.69, 9.17) is 15.9 Å². The molecule has 1 amide bonds. The molecular formula is C31H38N8O2. The first-order valence-corrected chi connectivity index (χ1v) is 14.5. The third-order valence-electron chi connectivity index (χ3n) is 8.69. The zero-order chi connectivity index (χ0) is 28.2. The van der Waals surface area contributed by atoms with Gasteiger partial charge in [-0.1, -0.05) is 18.2 Å². The van der Waals surface area contributed by atoms with Crippen molar-refractivity contribution in [3.05, 3.63) is 72.1 Å². The summed E-state index contributed by atoms with van der Waals surface area (Å²) in [6.45, 7) is 6.08. The van der Waals surface area contributed by atoms with E-state index in [0.717, 1.165) is 69.8 Å². The fraction of sp³-hybridized carbons (Fsp3) is 0.419. The van der Waals surface area contributed by atoms with Crippen LogP contribution in [0.15, 0.2) is 60.9 Å². The fourth-order valence-electron chi connectivity index (χ4n) is 6.24. The summed E-state index contributed by atoms with van der Waals surface area (Å²) in [6.07, 6.45) is 6.83. The largest absolute Gasteiger partial charge is 0.457 e. The van der Waals surface area contributed by atoms with Crippen molar-refractivity contribution in [3.63, 3.8) is 0 Å². The van der Waals surface area contributed by atoms with Crippen LogP contribution in [0.5, 0.6) is 11.5 Å². The Hall–Kier alpha value is -4.02. The van der Waals surface area contributed by atoms with Crippen molar-refractivity contribution < 1.29 is 9.53 Å². The van der Waals surface area contributed by atoms with Gasteiger partial charge in [0, 0.05) is 63.0 Å². The zero-order valence-electron chi connectivity index (χ0n) is 23.3. The number of hydrogen-bond acceptors (Lipinski definition) is 9. The number of nitrogens with two attached hydrogens (primary N) is 1. The van der Waals surface area contributed by atoms with Crippen molar-refractivity contribution in [2.45, 2.75) is 43.8 Å². The van der Waals surface area contributed by atoms with E-state index < -0.39 is 0 Å². The number of benzene rings is 2. The first-order chi connectivity index (χ1) is 20.1. The predicted octanol–water partition coefficient (Wildman–Crippen LogP) is 3.45. The SMILES string of the molecule is N=C(c1ccc(Oc2ccccc2)cc1)c1c(N)ncnc1NC1CCN(C2CCN(C3CN(C=O)C3)CC2)CC1. The number of para-hydroxylation sites is 1. The number of nitrogen functional groups attached to an aromatic ring is 1. The Bertz CT molecular complexity index is 1330. The molecule has 3 fully saturated rings. The predicted molar refractivity (Wildman–Crippen MR) is 160 cm³/mol. The summed E-state index contributed by atoms with van der Waals surface area (Å²) < 4.78 is 5.90. The van der Waals surface area contributed by atoms with E-state index in [2.05, 4.69) is 25.1 Å². The number of piperidine rings is 2. The number of nitrogens with one attached hydrogen (secondary N) is 2. The minimum absolute atomic E-state index is 0.262. The third-order valence-corrected chi connectivity index (χ3v) is 8.69. The van der Waals surface area contributed by atoms with Crippen LogP contribution in [0.4, 0.5) is 11.6 Å². The molecule has 1 aromatic heterocycles. The first-order valence-electron chi connectivity index (χ1n) is 14.5. The maximum Gasteiger partial charge on any atom is 0.209 e. The lowest BCUT2D eigenvalue weighted by Gasteiger charge is -2.48. The molecule has 4 N–H and O–H groups in total. The third kappa shape index (κ3) is 6.18. The monoisotopic (exact) mass is 554 g/mol. The second-order valence-electron chi connectivity index (χ2n) is 11.2. The lowest BCUT2D eigenvalue weighted by Crippen LogP contribution is -2.61. The molecule has 4 heterocycles. The number of likely N-dealkylation sites (tertiary alicyclic amines) is 3. The fourth-order valence-corrected chi connectivity index (χ4v) is 6.24. The van der Waals surface area contributed by atoms with Gasteiger partial charge in [-0.05, 0) is 62.1 Å². The maximum atomic E-state index is 10.9. The highest BCUT2D eigenvalue weighted by atomic mass is 16.5. The molecule has 214 valence electrons. The summed E-state index contributed by atoms with van der Waals surface area (Å²) in [5.74, 6) is 2.38. The molecule has 41 heavy (non-hydrogen) atoms. The van der Waals surface area contributed by atoms with Gasteiger partial charge in [0.05, 0.1) is 11.3 Å². The van der Waals surface area contributed by atoms with Gasteiger partial charge in [0.15, 0.2) is 0 Å². The molecule has 0 radical (unpaired) electrons. The van der Waals surface area contributed by atoms with Gasteiger partial charge in [-0.15, -0.1) is 0 Å². The van der Waals surface area contributed by atoms with Gasteiger partial charge in [-0.25, -0.2) is 9.97 Å². The highest BCUT2D eigenvalue weighted by Crippen LogP contribution is 2.28. The Morgan fingerprint density at radius 1 is 0.878 bits per heavy atom. The van der Waals surface area contributed by atoms with E-state index in [-0.39, 0.29) is 11.8 Å². The molecule has 10 nitrogen and oxygen atoms in total. The van der Waals surface area contributed by atoms with E-state index in [1.54, 1.807) is 0 Å². The number of hydrogen-bond donors (Lipinski definition) is 3. The number of ether oxygens (including phenoxy) is 1. The summed E-state index contributed by atoms with van der Waals surface area (Å²) in [5, 5.41) is 12.5. The molecule has 10 heteroatoms. The molecular weight excluding hydrogens is 516 g/mol. The quantitative estimate of drug-likeness (QED) is 0.272. The van der Waals surface area contributed by atoms with Crippen LogP contribution >= 0.6 is 0 Å². The van der Waals surface area contributed by atoms with Crippen LogP contribution in [0.25, 0.3) is 0 Å². The molecule has 0 aliphatic carbocycles. The Morgan fingerprint density at radius 2 is 1.51 bits per heavy atom. The average Bonchev–Trinajstić information content (AvgIpc) is 2.98. The summed E-state index contributed by atoms with van der Waals surface area (Å²) in [5.41, 5.74) is 7.82. The van der Waals surface area contributed by atoms with Crippen LogP contribution in [-0.2, 0) is 4.79 Å². The highest BCUT2D eigenvalue weighted by Gasteiger charge is 2.35. The van der Waals surface area contributed by atoms with Crippen LogP contribution in [0, 0.1) is 5.41 Å². The van der Waals surface area contributed by atoms with Gasteiger partial charge < -0.3 is 25.6 Å². The molecule has 0 saturated carbocycles. The molecule has 0 bridgehead atoms. The van der Waals surface area contributed by atoms with Gasteiger partial charge in [-0.2, -0.15) is 0 Å². The molecule has 3 aromatic rings. The van der Waals surface area contributed by atoms with E-state index in [9.17, 15) is 4.79 Å². The smallest absolute Gasteiger partial charge is 0.209 e. The van der Waals surface area contributed by atoms with Crippen LogP contribution in [0.3, 0.4) is 0 Å². The molecule has 3 aliphatic heterocycles. The van der Waals surface area contributed by atoms with Crippen molar-refractivity contribution in [1.29, 1.82) is 5.41 Å². The summed E-state index contributed by atoms with van der Waals surface area (Å²) in [4.78, 5) is 26.6. The molecule has 0 atom stereocenters. The molecule has 0 unspecified atom stereocenters. The van der Waals surface area contributed by atoms with Crippen LogP contribution in [0.1, 0.15) is 36.8 Å². The van der Waals surface area contributed by atoms with Crippen molar-refractivity contribution in [3.8, 4) is 11.5 Å². The number of rotatable bonds is 9. The van der Waals surface area contributed by atoms with Gasteiger partial charge in [0.1, 0.15) is 29.5 Å². The van der Waals surface area contributed by atoms with E-state index in [1.807, 2.05) is 59.5 Å². The van der Waals surface area contributed by atoms with Crippen LogP contribution in [0.2, 0.25) is 0 Å². The minimum Gasteiger partial charge on any atom is -0.457 e. The molecule has 2 aromatic carbocycles. The second-order valence-corrected chi connectivity index (χ2v) is 11.2. The highest BCUT2D eigenvalue weighted by molar-refractivity contribution is 6.16. The molecule has 3 aliphatic rings. The Kier molecular flexibility index (Phi) is 8.11. The van der Waals surface area contributed by atoms with Crippen LogP contribution in [-0.4, -0.2) is 94.2 Å². The number of nitrogens with zero attached hydrogens (tertiary/aromatic N) is 5. The summed E-state index contributed by atoms with van der Waals surface area (Å²) in [6, 6.07) is 18.5. The maximum absolute atomic E-state index is 10.9. The molecule has 3 saturated heterocycles. The first kappa shape index (κ1) is 27.2. The van der Waals surface area contributed by atoms with Crippen molar-refractivity contribution in [2.24, 2.45) is 0 Å². The topological polar surface area (TPSA) is 124 Å². The standard InChI is InChI=1S/C31H38N8O2/c32-29(22-6-8-27(9-7-22)41-26-4-2-1-3-5-26)28-30(33)34-20-35-31(28)36-23-10-14-38(15-11-23)24-12-16-39(17-13-24)25-18-37(19-25)21-40/h1-9,20-21,23-25,32H,10-19H2,(H3,33,34,35,36). The summed E-state index contributed by atoms with van der Waals surface area (Å²) >= 11 is 0. The van der Waals surface area contributed by atoms with Crippen molar-refractivity contribution >= 4 is 23.8 Å². The van der Waals surface area contributed by atoms with E-state index >= 15 is 0 Å². The molecule has 6 rings (SSSR count). The zero-order valence-corrected chi connectivity index (χ0v) is 23.3. The van der Waals surface area contributed by atoms with Gasteiger partial charge >= 0.3 is 0 Å². The number of carbonyl (C=O) groups excluding carboxylic acids is 1. The van der Waals surface area contributed by atoms with E-state index in [0.29, 0.717) is 35.0 Å². The number of anilines is 2. The van der Waals surface area contributed by atoms with Gasteiger partial charge in [0.2, 0.25) is 6.41 Å². The van der Waals surface area contributed by atoms with E-state index in [1.165, 1.54) is 19.2 Å². The van der Waals surface area contributed by atoms with Crippen molar-refractivity contribution in [1.82, 2.24) is 24.7 Å². The number of carbonyl (C=O) groups is 1. The lowest BCUT2D eigenvalue weighted by molar-refractivity contribution is -0.125. The van der Waals surface area contributed by atoms with Crippen LogP contribution < -0.4 is 15.8 Å². The van der Waals surface area contributed by atoms with Crippen molar-refractivity contribution in [2.75, 3.05) is 50.3 Å². The summed E-state index contributed by atoms with van der Waals surface area (Å²) in [7, 11) is 0. The van der Waals surface area contributed by atoms with Gasteiger partial charge in [-0.3, -0.25) is 15.1 Å². The molecule has 0 spiro atoms. The Morgan fingerprint density at radius 3 is 2.20 bits per heavy atom. The Balaban J connectivity index is 1.03. The van der Waals surface area contributed by atoms with Gasteiger partial charge in [0.25, 0.3) is 0 Å². The second kappa shape index (κ2) is 12.2. The Labute approximate surface area is 241 Å². The normalized spacial score (nSPS) is 19.5. The minimum atomic E-state index is 0.262.